The maximum Gasteiger partial charge on any atom is 0.123 e. The number of para-hydroxylation sites is 1. The highest BCUT2D eigenvalue weighted by atomic mass is 32.2. The second-order valence-corrected chi connectivity index (χ2v) is 5.29. The first-order chi connectivity index (χ1) is 9.31. The Hall–Kier alpha value is -1.87. The molecule has 0 unspecified atom stereocenters. The molecule has 3 rings (SSSR count). The summed E-state index contributed by atoms with van der Waals surface area (Å²) >= 11 is 1.66. The fourth-order valence-corrected chi connectivity index (χ4v) is 2.68. The average Bonchev–Trinajstić information content (AvgIpc) is 2.46. The number of hydrogen-bond donors (Lipinski definition) is 0. The minimum absolute atomic E-state index is 0.201. The molecule has 19 heavy (non-hydrogen) atoms. The molecule has 2 aromatic carbocycles. The molecule has 3 heteroatoms. The number of aromatic nitrogens is 1. The van der Waals surface area contributed by atoms with Gasteiger partial charge in [-0.3, -0.25) is 4.98 Å². The summed E-state index contributed by atoms with van der Waals surface area (Å²) in [5.74, 6) is 0.587. The van der Waals surface area contributed by atoms with Crippen LogP contribution in [0, 0.1) is 5.82 Å². The highest BCUT2D eigenvalue weighted by Gasteiger charge is 2.00. The van der Waals surface area contributed by atoms with Gasteiger partial charge in [0, 0.05) is 16.0 Å². The number of fused-ring (bicyclic) bond motifs is 1. The molecule has 0 aliphatic rings. The molecule has 94 valence electrons. The lowest BCUT2D eigenvalue weighted by molar-refractivity contribution is 0.626. The van der Waals surface area contributed by atoms with Crippen LogP contribution < -0.4 is 0 Å². The zero-order valence-corrected chi connectivity index (χ0v) is 11.0. The third-order valence-electron chi connectivity index (χ3n) is 2.86. The van der Waals surface area contributed by atoms with Gasteiger partial charge in [-0.1, -0.05) is 24.3 Å². The number of pyridine rings is 1. The maximum absolute atomic E-state index is 12.8. The van der Waals surface area contributed by atoms with Gasteiger partial charge in [0.15, 0.2) is 0 Å². The molecule has 0 bridgehead atoms. The molecular formula is C16H12FNS. The summed E-state index contributed by atoms with van der Waals surface area (Å²) in [4.78, 5) is 5.67. The normalized spacial score (nSPS) is 10.8. The Morgan fingerprint density at radius 3 is 2.53 bits per heavy atom. The van der Waals surface area contributed by atoms with Crippen molar-refractivity contribution >= 4 is 22.7 Å². The van der Waals surface area contributed by atoms with E-state index in [0.717, 1.165) is 27.2 Å². The Morgan fingerprint density at radius 2 is 1.68 bits per heavy atom. The van der Waals surface area contributed by atoms with Gasteiger partial charge in [0.05, 0.1) is 11.2 Å². The zero-order valence-electron chi connectivity index (χ0n) is 10.2. The van der Waals surface area contributed by atoms with Crippen molar-refractivity contribution in [1.82, 2.24) is 4.98 Å². The molecule has 1 aromatic heterocycles. The monoisotopic (exact) mass is 269 g/mol. The third kappa shape index (κ3) is 2.93. The van der Waals surface area contributed by atoms with Gasteiger partial charge in [-0.25, -0.2) is 4.39 Å². The van der Waals surface area contributed by atoms with Crippen LogP contribution in [-0.2, 0) is 5.75 Å². The van der Waals surface area contributed by atoms with Crippen LogP contribution in [-0.4, -0.2) is 4.98 Å². The summed E-state index contributed by atoms with van der Waals surface area (Å²) in [6, 6.07) is 18.7. The Labute approximate surface area is 115 Å². The van der Waals surface area contributed by atoms with E-state index in [1.54, 1.807) is 23.9 Å². The Kier molecular flexibility index (Phi) is 3.47. The minimum atomic E-state index is -0.201. The van der Waals surface area contributed by atoms with Crippen molar-refractivity contribution in [3.63, 3.8) is 0 Å². The van der Waals surface area contributed by atoms with Gasteiger partial charge >= 0.3 is 0 Å². The Bertz CT molecular complexity index is 694. The van der Waals surface area contributed by atoms with Gasteiger partial charge in [0.2, 0.25) is 0 Å². The van der Waals surface area contributed by atoms with Crippen molar-refractivity contribution in [2.45, 2.75) is 10.6 Å². The molecule has 0 atom stereocenters. The zero-order chi connectivity index (χ0) is 13.1. The second-order valence-electron chi connectivity index (χ2n) is 4.24. The van der Waals surface area contributed by atoms with E-state index in [1.807, 2.05) is 24.3 Å². The molecule has 0 amide bonds. The van der Waals surface area contributed by atoms with Gasteiger partial charge in [-0.2, -0.15) is 0 Å². The summed E-state index contributed by atoms with van der Waals surface area (Å²) in [6.07, 6.45) is 0. The SMILES string of the molecule is Fc1ccc(SCc2ccc3ccccc3n2)cc1. The second kappa shape index (κ2) is 5.41. The third-order valence-corrected chi connectivity index (χ3v) is 3.90. The van der Waals surface area contributed by atoms with Crippen molar-refractivity contribution in [2.75, 3.05) is 0 Å². The molecule has 0 fully saturated rings. The molecule has 0 saturated heterocycles. The number of benzene rings is 2. The van der Waals surface area contributed by atoms with Crippen molar-refractivity contribution in [3.05, 3.63) is 72.2 Å². The number of nitrogens with zero attached hydrogens (tertiary/aromatic N) is 1. The van der Waals surface area contributed by atoms with Gasteiger partial charge in [-0.05, 0) is 36.4 Å². The maximum atomic E-state index is 12.8. The van der Waals surface area contributed by atoms with Crippen LogP contribution in [0.15, 0.2) is 65.6 Å². The fraction of sp³-hybridized carbons (Fsp3) is 0.0625. The van der Waals surface area contributed by atoms with Gasteiger partial charge < -0.3 is 0 Å². The fourth-order valence-electron chi connectivity index (χ4n) is 1.88. The molecule has 1 heterocycles. The smallest absolute Gasteiger partial charge is 0.123 e. The summed E-state index contributed by atoms with van der Waals surface area (Å²) in [5.41, 5.74) is 2.05. The van der Waals surface area contributed by atoms with E-state index in [9.17, 15) is 4.39 Å². The van der Waals surface area contributed by atoms with E-state index in [1.165, 1.54) is 12.1 Å². The van der Waals surface area contributed by atoms with Crippen LogP contribution in [0.5, 0.6) is 0 Å². The summed E-state index contributed by atoms with van der Waals surface area (Å²) < 4.78 is 12.8. The predicted octanol–water partition coefficient (Wildman–Crippen LogP) is 4.67. The van der Waals surface area contributed by atoms with Crippen molar-refractivity contribution in [1.29, 1.82) is 0 Å². The summed E-state index contributed by atoms with van der Waals surface area (Å²) in [5, 5.41) is 1.15. The van der Waals surface area contributed by atoms with E-state index in [-0.39, 0.29) is 5.82 Å². The van der Waals surface area contributed by atoms with E-state index in [2.05, 4.69) is 17.1 Å². The lowest BCUT2D eigenvalue weighted by Crippen LogP contribution is -1.87. The van der Waals surface area contributed by atoms with Crippen LogP contribution in [0.1, 0.15) is 5.69 Å². The molecule has 0 saturated carbocycles. The highest BCUT2D eigenvalue weighted by Crippen LogP contribution is 2.23. The van der Waals surface area contributed by atoms with E-state index in [0.29, 0.717) is 0 Å². The molecule has 0 N–H and O–H groups in total. The van der Waals surface area contributed by atoms with Crippen LogP contribution in [0.3, 0.4) is 0 Å². The quantitative estimate of drug-likeness (QED) is 0.641. The molecular weight excluding hydrogens is 257 g/mol. The average molecular weight is 269 g/mol. The van der Waals surface area contributed by atoms with Gasteiger partial charge in [0.1, 0.15) is 5.82 Å². The minimum Gasteiger partial charge on any atom is -0.252 e. The summed E-state index contributed by atoms with van der Waals surface area (Å²) in [6.45, 7) is 0. The number of hydrogen-bond acceptors (Lipinski definition) is 2. The Morgan fingerprint density at radius 1 is 0.895 bits per heavy atom. The number of halogens is 1. The van der Waals surface area contributed by atoms with Gasteiger partial charge in [0.25, 0.3) is 0 Å². The van der Waals surface area contributed by atoms with Crippen molar-refractivity contribution in [3.8, 4) is 0 Å². The van der Waals surface area contributed by atoms with Gasteiger partial charge in [-0.15, -0.1) is 11.8 Å². The molecule has 1 nitrogen and oxygen atoms in total. The number of rotatable bonds is 3. The van der Waals surface area contributed by atoms with Crippen molar-refractivity contribution in [2.24, 2.45) is 0 Å². The summed E-state index contributed by atoms with van der Waals surface area (Å²) in [7, 11) is 0. The highest BCUT2D eigenvalue weighted by molar-refractivity contribution is 7.98. The van der Waals surface area contributed by atoms with Crippen LogP contribution >= 0.6 is 11.8 Å². The molecule has 0 aliphatic carbocycles. The van der Waals surface area contributed by atoms with E-state index in [4.69, 9.17) is 0 Å². The first-order valence-corrected chi connectivity index (χ1v) is 7.03. The van der Waals surface area contributed by atoms with Crippen molar-refractivity contribution < 1.29 is 4.39 Å². The van der Waals surface area contributed by atoms with Crippen LogP contribution in [0.4, 0.5) is 4.39 Å². The van der Waals surface area contributed by atoms with Crippen LogP contribution in [0.2, 0.25) is 0 Å². The van der Waals surface area contributed by atoms with E-state index < -0.39 is 0 Å². The first-order valence-electron chi connectivity index (χ1n) is 6.04. The molecule has 3 aromatic rings. The lowest BCUT2D eigenvalue weighted by Gasteiger charge is -2.03. The largest absolute Gasteiger partial charge is 0.252 e. The molecule has 0 spiro atoms. The standard InChI is InChI=1S/C16H12FNS/c17-13-6-9-15(10-7-13)19-11-14-8-5-12-3-1-2-4-16(12)18-14/h1-10H,11H2. The first kappa shape index (κ1) is 12.2. The predicted molar refractivity (Wildman–Crippen MR) is 77.7 cm³/mol. The molecule has 0 aliphatic heterocycles. The Balaban J connectivity index is 1.76. The topological polar surface area (TPSA) is 12.9 Å². The number of thioether (sulfide) groups is 1. The molecule has 0 radical (unpaired) electrons. The lowest BCUT2D eigenvalue weighted by atomic mass is 10.2. The van der Waals surface area contributed by atoms with E-state index >= 15 is 0 Å². The van der Waals surface area contributed by atoms with Crippen LogP contribution in [0.25, 0.3) is 10.9 Å².